The lowest BCUT2D eigenvalue weighted by Gasteiger charge is -2.28. The number of amides is 8. The summed E-state index contributed by atoms with van der Waals surface area (Å²) < 4.78 is 6.31. The van der Waals surface area contributed by atoms with E-state index in [-0.39, 0.29) is 36.3 Å². The first-order chi connectivity index (χ1) is 24.7. The zero-order valence-electron chi connectivity index (χ0n) is 28.8. The number of thiophene rings is 1. The number of halogens is 1. The van der Waals surface area contributed by atoms with Gasteiger partial charge in [-0.3, -0.25) is 39.9 Å². The monoisotopic (exact) mass is 795 g/mol. The number of carbonyl (C=O) groups excluding carboxylic acids is 5. The molecule has 52 heavy (non-hydrogen) atoms. The average Bonchev–Trinajstić information content (AvgIpc) is 3.51. The third kappa shape index (κ3) is 9.82. The molecule has 3 aliphatic heterocycles. The number of carbonyl (C=O) groups is 6. The Bertz CT molecular complexity index is 1930. The second-order valence-electron chi connectivity index (χ2n) is 11.5. The van der Waals surface area contributed by atoms with Crippen molar-refractivity contribution in [3.63, 3.8) is 0 Å². The Morgan fingerprint density at radius 2 is 1.44 bits per heavy atom. The lowest BCUT2D eigenvalue weighted by Crippen LogP contribution is -2.49. The molecule has 0 spiro atoms. The fourth-order valence-corrected chi connectivity index (χ4v) is 6.71. The summed E-state index contributed by atoms with van der Waals surface area (Å²) in [5.74, 6) is -1.06. The third-order valence-electron chi connectivity index (χ3n) is 7.89. The molecular formula is C35H38BrN7O8S. The van der Waals surface area contributed by atoms with Crippen LogP contribution in [0, 0.1) is 13.8 Å². The number of ether oxygens (including phenoxy) is 1. The number of carboxylic acids is 1. The van der Waals surface area contributed by atoms with Gasteiger partial charge in [0.15, 0.2) is 0 Å². The molecule has 5 heterocycles. The van der Waals surface area contributed by atoms with Gasteiger partial charge in [0.05, 0.1) is 33.7 Å². The van der Waals surface area contributed by atoms with Crippen LogP contribution in [0.5, 0.6) is 0 Å². The number of anilines is 3. The topological polar surface area (TPSA) is 191 Å². The Morgan fingerprint density at radius 1 is 0.865 bits per heavy atom. The summed E-state index contributed by atoms with van der Waals surface area (Å²) in [6, 6.07) is 5.32. The van der Waals surface area contributed by atoms with Crippen LogP contribution in [-0.2, 0) is 14.3 Å². The van der Waals surface area contributed by atoms with Crippen molar-refractivity contribution in [3.8, 4) is 0 Å². The van der Waals surface area contributed by atoms with Crippen molar-refractivity contribution in [1.29, 1.82) is 0 Å². The number of imide groups is 2. The number of nitrogens with zero attached hydrogens (tertiary/aromatic N) is 4. The van der Waals surface area contributed by atoms with Gasteiger partial charge >= 0.3 is 24.1 Å². The van der Waals surface area contributed by atoms with Crippen LogP contribution in [0.25, 0.3) is 5.76 Å². The zero-order chi connectivity index (χ0) is 38.1. The van der Waals surface area contributed by atoms with Crippen LogP contribution in [0.1, 0.15) is 53.4 Å². The Hall–Kier alpha value is -5.55. The van der Waals surface area contributed by atoms with E-state index in [4.69, 9.17) is 9.84 Å². The minimum absolute atomic E-state index is 0.0969. The van der Waals surface area contributed by atoms with Crippen molar-refractivity contribution in [2.45, 2.75) is 40.0 Å². The third-order valence-corrected chi connectivity index (χ3v) is 9.56. The van der Waals surface area contributed by atoms with Gasteiger partial charge in [-0.25, -0.2) is 19.2 Å². The molecule has 17 heteroatoms. The average molecular weight is 797 g/mol. The van der Waals surface area contributed by atoms with Crippen molar-refractivity contribution in [2.75, 3.05) is 40.9 Å². The van der Waals surface area contributed by atoms with Crippen LogP contribution in [0.4, 0.5) is 31.4 Å². The molecule has 3 saturated heterocycles. The maximum atomic E-state index is 11.9. The van der Waals surface area contributed by atoms with E-state index in [0.29, 0.717) is 54.6 Å². The van der Waals surface area contributed by atoms with E-state index in [1.807, 2.05) is 24.6 Å². The van der Waals surface area contributed by atoms with Gasteiger partial charge in [0.1, 0.15) is 5.76 Å². The van der Waals surface area contributed by atoms with Gasteiger partial charge in [0.2, 0.25) is 11.8 Å². The molecule has 8 amide bonds. The predicted molar refractivity (Wildman–Crippen MR) is 200 cm³/mol. The van der Waals surface area contributed by atoms with E-state index in [9.17, 15) is 28.8 Å². The standard InChI is InChI=1S/C14H17N3O3.C12H12N2O4.C9H9BrN2OS/c1-4-20-10(3)11-7-12(9(2)15-8-11)17-6-5-13(18)16-14(17)19;1-7-6-8(11(16)17)2-3-9(7)14-5-4-10(15)13-12(14)18;1-6-2-3-12(9(13)11-6)8-5-14-4-7(8)10/h7-8H,3-6H2,1-2H3,(H,16,18,19);2-3,6H,4-5H2,1H3,(H,16,17)(H,13,15,18);4-5H,1-3H2,(H,11,13). The number of aromatic nitrogens is 1. The Morgan fingerprint density at radius 3 is 1.96 bits per heavy atom. The zero-order valence-corrected chi connectivity index (χ0v) is 31.2. The minimum Gasteiger partial charge on any atom is -0.494 e. The summed E-state index contributed by atoms with van der Waals surface area (Å²) in [6.07, 6.45) is 2.98. The van der Waals surface area contributed by atoms with Gasteiger partial charge in [-0.2, -0.15) is 0 Å². The number of rotatable bonds is 7. The molecule has 3 aliphatic rings. The lowest BCUT2D eigenvalue weighted by molar-refractivity contribution is -0.121. The molecule has 6 rings (SSSR count). The van der Waals surface area contributed by atoms with Gasteiger partial charge in [0, 0.05) is 72.8 Å². The highest BCUT2D eigenvalue weighted by Crippen LogP contribution is 2.32. The van der Waals surface area contributed by atoms with E-state index in [2.05, 4.69) is 50.0 Å². The SMILES string of the molecule is C=C(OCC)c1cnc(C)c(N2CCC(=O)NC2=O)c1.C=C1CCN(c2cscc2Br)C(=O)N1.Cc1cc(C(=O)O)ccc1N1CCC(=O)NC1=O. The number of benzene rings is 1. The van der Waals surface area contributed by atoms with Crippen molar-refractivity contribution in [2.24, 2.45) is 0 Å². The maximum Gasteiger partial charge on any atom is 0.335 e. The fraction of sp³-hybridized carbons (Fsp3) is 0.286. The molecular weight excluding hydrogens is 758 g/mol. The number of hydrogen-bond acceptors (Lipinski definition) is 9. The molecule has 0 unspecified atom stereocenters. The van der Waals surface area contributed by atoms with Crippen LogP contribution in [0.15, 0.2) is 64.6 Å². The Balaban J connectivity index is 0.000000177. The molecule has 2 aromatic heterocycles. The van der Waals surface area contributed by atoms with E-state index >= 15 is 0 Å². The van der Waals surface area contributed by atoms with Gasteiger partial charge in [-0.1, -0.05) is 13.2 Å². The summed E-state index contributed by atoms with van der Waals surface area (Å²) in [7, 11) is 0. The van der Waals surface area contributed by atoms with Gasteiger partial charge in [-0.05, 0) is 66.5 Å². The molecule has 3 fully saturated rings. The molecule has 0 bridgehead atoms. The molecule has 274 valence electrons. The highest BCUT2D eigenvalue weighted by atomic mass is 79.9. The summed E-state index contributed by atoms with van der Waals surface area (Å²) in [5.41, 5.74) is 5.28. The quantitative estimate of drug-likeness (QED) is 0.210. The summed E-state index contributed by atoms with van der Waals surface area (Å²) >= 11 is 4.98. The number of hydrogen-bond donors (Lipinski definition) is 4. The largest absolute Gasteiger partial charge is 0.494 e. The Kier molecular flexibility index (Phi) is 13.3. The number of aromatic carboxylic acids is 1. The number of nitrogens with one attached hydrogen (secondary N) is 3. The molecule has 0 aliphatic carbocycles. The van der Waals surface area contributed by atoms with E-state index < -0.39 is 18.0 Å². The normalized spacial score (nSPS) is 15.7. The number of carboxylic acid groups (broad SMARTS) is 1. The van der Waals surface area contributed by atoms with Crippen molar-refractivity contribution in [3.05, 3.63) is 86.9 Å². The number of pyridine rings is 1. The van der Waals surface area contributed by atoms with Crippen molar-refractivity contribution in [1.82, 2.24) is 20.9 Å². The van der Waals surface area contributed by atoms with Gasteiger partial charge in [-0.15, -0.1) is 11.3 Å². The number of urea groups is 3. The molecule has 0 radical (unpaired) electrons. The van der Waals surface area contributed by atoms with Crippen LogP contribution in [-0.4, -0.2) is 72.2 Å². The van der Waals surface area contributed by atoms with Crippen LogP contribution < -0.4 is 30.7 Å². The van der Waals surface area contributed by atoms with Crippen LogP contribution in [0.3, 0.4) is 0 Å². The highest BCUT2D eigenvalue weighted by molar-refractivity contribution is 9.10. The number of aryl methyl sites for hydroxylation is 2. The van der Waals surface area contributed by atoms with Crippen molar-refractivity contribution >= 4 is 86.0 Å². The summed E-state index contributed by atoms with van der Waals surface area (Å²) in [6.45, 7) is 14.8. The predicted octanol–water partition coefficient (Wildman–Crippen LogP) is 5.93. The smallest absolute Gasteiger partial charge is 0.335 e. The van der Waals surface area contributed by atoms with Gasteiger partial charge < -0.3 is 15.2 Å². The molecule has 4 N–H and O–H groups in total. The highest BCUT2D eigenvalue weighted by Gasteiger charge is 2.27. The van der Waals surface area contributed by atoms with Crippen molar-refractivity contribution < 1.29 is 38.6 Å². The summed E-state index contributed by atoms with van der Waals surface area (Å²) in [4.78, 5) is 77.1. The first-order valence-corrected chi connectivity index (χ1v) is 17.8. The van der Waals surface area contributed by atoms with Crippen LogP contribution in [0.2, 0.25) is 0 Å². The fourth-order valence-electron chi connectivity index (χ4n) is 5.21. The Labute approximate surface area is 312 Å². The maximum absolute atomic E-state index is 11.9. The molecule has 3 aromatic rings. The van der Waals surface area contributed by atoms with Crippen LogP contribution >= 0.6 is 27.3 Å². The first kappa shape index (κ1) is 39.2. The summed E-state index contributed by atoms with van der Waals surface area (Å²) in [5, 5.41) is 20.0. The lowest BCUT2D eigenvalue weighted by atomic mass is 10.1. The molecule has 1 aromatic carbocycles. The first-order valence-electron chi connectivity index (χ1n) is 16.0. The van der Waals surface area contributed by atoms with Gasteiger partial charge in [0.25, 0.3) is 0 Å². The second-order valence-corrected chi connectivity index (χ2v) is 13.1. The molecule has 0 saturated carbocycles. The second kappa shape index (κ2) is 17.6. The van der Waals surface area contributed by atoms with E-state index in [1.165, 1.54) is 21.9 Å². The van der Waals surface area contributed by atoms with E-state index in [1.54, 1.807) is 41.5 Å². The van der Waals surface area contributed by atoms with E-state index in [0.717, 1.165) is 27.8 Å². The molecule has 15 nitrogen and oxygen atoms in total. The minimum atomic E-state index is -1.01. The molecule has 0 atom stereocenters.